The van der Waals surface area contributed by atoms with E-state index in [1.54, 1.807) is 7.11 Å². The molecule has 0 atom stereocenters. The molecule has 1 amide bonds. The predicted molar refractivity (Wildman–Crippen MR) is 84.7 cm³/mol. The Morgan fingerprint density at radius 2 is 2.35 bits per heavy atom. The molecule has 1 aliphatic heterocycles. The lowest BCUT2D eigenvalue weighted by Crippen LogP contribution is -2.32. The monoisotopic (exact) mass is 316 g/mol. The van der Waals surface area contributed by atoms with E-state index in [0.29, 0.717) is 29.0 Å². The van der Waals surface area contributed by atoms with E-state index in [4.69, 9.17) is 10.5 Å². The van der Waals surface area contributed by atoms with Gasteiger partial charge in [0.15, 0.2) is 5.13 Å². The van der Waals surface area contributed by atoms with Crippen LogP contribution in [0.3, 0.4) is 0 Å². The van der Waals surface area contributed by atoms with Crippen LogP contribution in [-0.2, 0) is 4.74 Å². The molecule has 0 radical (unpaired) electrons. The van der Waals surface area contributed by atoms with E-state index in [0.717, 1.165) is 31.0 Å². The summed E-state index contributed by atoms with van der Waals surface area (Å²) in [6.07, 6.45) is 1.04. The summed E-state index contributed by atoms with van der Waals surface area (Å²) in [6.45, 7) is 2.83. The highest BCUT2D eigenvalue weighted by Crippen LogP contribution is 2.27. The third-order valence-corrected chi connectivity index (χ3v) is 5.00. The summed E-state index contributed by atoms with van der Waals surface area (Å²) in [6, 6.07) is 0. The molecule has 0 aliphatic carbocycles. The predicted octanol–water partition coefficient (Wildman–Crippen LogP) is 1.36. The number of rotatable bonds is 5. The standard InChI is InChI=1S/C12H20N4O2S2/c1-18-6-3-14-12-15-10(13)9(20-12)11(17)16-4-2-7-19-8-5-16/h2-8,13H2,1H3,(H,14,15). The molecule has 1 aromatic heterocycles. The Morgan fingerprint density at radius 3 is 3.15 bits per heavy atom. The van der Waals surface area contributed by atoms with E-state index in [1.165, 1.54) is 11.3 Å². The second-order valence-corrected chi connectivity index (χ2v) is 6.63. The molecule has 112 valence electrons. The maximum atomic E-state index is 12.5. The molecule has 8 heteroatoms. The van der Waals surface area contributed by atoms with Gasteiger partial charge in [0.25, 0.3) is 5.91 Å². The first-order valence-electron chi connectivity index (χ1n) is 6.58. The second kappa shape index (κ2) is 7.70. The Hall–Kier alpha value is -0.990. The van der Waals surface area contributed by atoms with Gasteiger partial charge in [-0.2, -0.15) is 11.8 Å². The van der Waals surface area contributed by atoms with Crippen LogP contribution in [-0.4, -0.2) is 60.6 Å². The molecule has 2 rings (SSSR count). The molecule has 1 aromatic rings. The summed E-state index contributed by atoms with van der Waals surface area (Å²) in [4.78, 5) is 19.1. The van der Waals surface area contributed by atoms with Crippen molar-refractivity contribution in [3.05, 3.63) is 4.88 Å². The van der Waals surface area contributed by atoms with Crippen molar-refractivity contribution in [2.45, 2.75) is 6.42 Å². The largest absolute Gasteiger partial charge is 0.383 e. The normalized spacial score (nSPS) is 15.9. The Morgan fingerprint density at radius 1 is 1.50 bits per heavy atom. The number of nitrogens with zero attached hydrogens (tertiary/aromatic N) is 2. The number of thioether (sulfide) groups is 1. The molecule has 0 unspecified atom stereocenters. The zero-order valence-corrected chi connectivity index (χ0v) is 13.2. The number of hydrogen-bond acceptors (Lipinski definition) is 7. The molecule has 6 nitrogen and oxygen atoms in total. The van der Waals surface area contributed by atoms with Crippen LogP contribution in [0, 0.1) is 0 Å². The van der Waals surface area contributed by atoms with E-state index in [9.17, 15) is 4.79 Å². The SMILES string of the molecule is COCCNc1nc(N)c(C(=O)N2CCCSCC2)s1. The van der Waals surface area contributed by atoms with Gasteiger partial charge in [-0.05, 0) is 12.2 Å². The first kappa shape index (κ1) is 15.4. The van der Waals surface area contributed by atoms with Crippen LogP contribution >= 0.6 is 23.1 Å². The Labute approximate surface area is 127 Å². The van der Waals surface area contributed by atoms with E-state index < -0.39 is 0 Å². The van der Waals surface area contributed by atoms with Gasteiger partial charge in [-0.1, -0.05) is 11.3 Å². The zero-order valence-electron chi connectivity index (χ0n) is 11.6. The minimum absolute atomic E-state index is 0.00212. The van der Waals surface area contributed by atoms with Gasteiger partial charge < -0.3 is 20.7 Å². The van der Waals surface area contributed by atoms with Crippen LogP contribution in [0.4, 0.5) is 10.9 Å². The smallest absolute Gasteiger partial charge is 0.267 e. The van der Waals surface area contributed by atoms with Crippen molar-refractivity contribution < 1.29 is 9.53 Å². The van der Waals surface area contributed by atoms with Gasteiger partial charge in [0.2, 0.25) is 0 Å². The highest BCUT2D eigenvalue weighted by Gasteiger charge is 2.22. The number of nitrogens with one attached hydrogen (secondary N) is 1. The van der Waals surface area contributed by atoms with Crippen molar-refractivity contribution in [2.24, 2.45) is 0 Å². The molecule has 3 N–H and O–H groups in total. The van der Waals surface area contributed by atoms with Gasteiger partial charge in [0, 0.05) is 32.5 Å². The Balaban J connectivity index is 2.01. The average Bonchev–Trinajstić information content (AvgIpc) is 2.67. The summed E-state index contributed by atoms with van der Waals surface area (Å²) >= 11 is 3.21. The number of carbonyl (C=O) groups excluding carboxylic acids is 1. The number of carbonyl (C=O) groups is 1. The van der Waals surface area contributed by atoms with E-state index >= 15 is 0 Å². The van der Waals surface area contributed by atoms with Gasteiger partial charge >= 0.3 is 0 Å². The molecule has 0 spiro atoms. The van der Waals surface area contributed by atoms with E-state index in [2.05, 4.69) is 10.3 Å². The fraction of sp³-hybridized carbons (Fsp3) is 0.667. The lowest BCUT2D eigenvalue weighted by Gasteiger charge is -2.18. The first-order valence-corrected chi connectivity index (χ1v) is 8.55. The molecule has 1 aliphatic rings. The lowest BCUT2D eigenvalue weighted by molar-refractivity contribution is 0.0774. The van der Waals surface area contributed by atoms with Crippen LogP contribution in [0.1, 0.15) is 16.1 Å². The van der Waals surface area contributed by atoms with Crippen molar-refractivity contribution in [3.8, 4) is 0 Å². The molecule has 0 saturated carbocycles. The highest BCUT2D eigenvalue weighted by atomic mass is 32.2. The molecule has 2 heterocycles. The van der Waals surface area contributed by atoms with Crippen LogP contribution in [0.15, 0.2) is 0 Å². The zero-order chi connectivity index (χ0) is 14.4. The second-order valence-electron chi connectivity index (χ2n) is 4.41. The molecule has 0 bridgehead atoms. The number of nitrogen functional groups attached to an aromatic ring is 1. The van der Waals surface area contributed by atoms with Crippen LogP contribution < -0.4 is 11.1 Å². The maximum Gasteiger partial charge on any atom is 0.267 e. The maximum absolute atomic E-state index is 12.5. The molecular formula is C12H20N4O2S2. The Bertz CT molecular complexity index is 445. The van der Waals surface area contributed by atoms with E-state index in [-0.39, 0.29) is 5.91 Å². The fourth-order valence-corrected chi connectivity index (χ4v) is 3.68. The number of thiazole rings is 1. The van der Waals surface area contributed by atoms with Gasteiger partial charge in [-0.25, -0.2) is 4.98 Å². The average molecular weight is 316 g/mol. The molecule has 20 heavy (non-hydrogen) atoms. The van der Waals surface area contributed by atoms with Crippen molar-refractivity contribution in [2.75, 3.05) is 55.9 Å². The molecule has 1 fully saturated rings. The number of methoxy groups -OCH3 is 1. The number of hydrogen-bond donors (Lipinski definition) is 2. The van der Waals surface area contributed by atoms with Gasteiger partial charge in [-0.3, -0.25) is 4.79 Å². The lowest BCUT2D eigenvalue weighted by atomic mass is 10.3. The number of aromatic nitrogens is 1. The summed E-state index contributed by atoms with van der Waals surface area (Å²) < 4.78 is 4.96. The van der Waals surface area contributed by atoms with Gasteiger partial charge in [0.05, 0.1) is 6.61 Å². The molecular weight excluding hydrogens is 296 g/mol. The van der Waals surface area contributed by atoms with Crippen LogP contribution in [0.2, 0.25) is 0 Å². The highest BCUT2D eigenvalue weighted by molar-refractivity contribution is 7.99. The summed E-state index contributed by atoms with van der Waals surface area (Å²) in [5.41, 5.74) is 5.87. The molecule has 1 saturated heterocycles. The number of ether oxygens (including phenoxy) is 1. The van der Waals surface area contributed by atoms with Crippen molar-refractivity contribution in [3.63, 3.8) is 0 Å². The fourth-order valence-electron chi connectivity index (χ4n) is 1.91. The van der Waals surface area contributed by atoms with Crippen LogP contribution in [0.5, 0.6) is 0 Å². The third kappa shape index (κ3) is 4.00. The quantitative estimate of drug-likeness (QED) is 0.799. The van der Waals surface area contributed by atoms with Gasteiger partial charge in [-0.15, -0.1) is 0 Å². The van der Waals surface area contributed by atoms with Crippen molar-refractivity contribution in [1.29, 1.82) is 0 Å². The van der Waals surface area contributed by atoms with E-state index in [1.807, 2.05) is 16.7 Å². The number of nitrogens with two attached hydrogens (primary N) is 1. The third-order valence-electron chi connectivity index (χ3n) is 2.94. The van der Waals surface area contributed by atoms with Crippen molar-refractivity contribution >= 4 is 40.0 Å². The minimum Gasteiger partial charge on any atom is -0.383 e. The van der Waals surface area contributed by atoms with Gasteiger partial charge in [0.1, 0.15) is 10.7 Å². The van der Waals surface area contributed by atoms with Crippen molar-refractivity contribution in [1.82, 2.24) is 9.88 Å². The molecule has 0 aromatic carbocycles. The topological polar surface area (TPSA) is 80.5 Å². The number of amides is 1. The number of anilines is 2. The first-order chi connectivity index (χ1) is 9.72. The summed E-state index contributed by atoms with van der Waals surface area (Å²) in [7, 11) is 1.64. The minimum atomic E-state index is 0.00212. The Kier molecular flexibility index (Phi) is 5.93. The summed E-state index contributed by atoms with van der Waals surface area (Å²) in [5, 5.41) is 3.78. The van der Waals surface area contributed by atoms with Crippen LogP contribution in [0.25, 0.3) is 0 Å². The summed E-state index contributed by atoms with van der Waals surface area (Å²) in [5.74, 6) is 2.42.